The molecular formula is C17H23N3O4S. The molecule has 0 bridgehead atoms. The Morgan fingerprint density at radius 1 is 1.36 bits per heavy atom. The Labute approximate surface area is 151 Å². The summed E-state index contributed by atoms with van der Waals surface area (Å²) >= 11 is 1.65. The SMILES string of the molecule is CC[C@]1(C(=O)OC)[C@H]2C(=O)N(C)C(=O)[C@H]2[C@H]2CN=C(SCC3CC3)N21. The zero-order valence-corrected chi connectivity index (χ0v) is 15.5. The third-order valence-electron chi connectivity index (χ3n) is 6.10. The number of carbonyl (C=O) groups is 3. The number of rotatable bonds is 4. The number of hydrogen-bond acceptors (Lipinski definition) is 7. The predicted octanol–water partition coefficient (Wildman–Crippen LogP) is 0.736. The number of amides is 2. The van der Waals surface area contributed by atoms with Gasteiger partial charge in [0.25, 0.3) is 0 Å². The van der Waals surface area contributed by atoms with Crippen LogP contribution in [0.2, 0.25) is 0 Å². The van der Waals surface area contributed by atoms with Crippen molar-refractivity contribution >= 4 is 34.7 Å². The Balaban J connectivity index is 1.76. The van der Waals surface area contributed by atoms with Crippen LogP contribution in [0.15, 0.2) is 4.99 Å². The Bertz CT molecular complexity index is 677. The van der Waals surface area contributed by atoms with Crippen molar-refractivity contribution in [2.45, 2.75) is 37.8 Å². The summed E-state index contributed by atoms with van der Waals surface area (Å²) in [7, 11) is 2.85. The Hall–Kier alpha value is -1.57. The van der Waals surface area contributed by atoms with Gasteiger partial charge in [0.2, 0.25) is 11.8 Å². The van der Waals surface area contributed by atoms with E-state index in [1.807, 2.05) is 11.8 Å². The molecule has 0 aromatic heterocycles. The van der Waals surface area contributed by atoms with Crippen LogP contribution in [0.25, 0.3) is 0 Å². The zero-order valence-electron chi connectivity index (χ0n) is 14.7. The van der Waals surface area contributed by atoms with Crippen LogP contribution in [0, 0.1) is 17.8 Å². The van der Waals surface area contributed by atoms with Gasteiger partial charge in [0.15, 0.2) is 10.7 Å². The number of aliphatic imine (C=N–C) groups is 1. The largest absolute Gasteiger partial charge is 0.467 e. The predicted molar refractivity (Wildman–Crippen MR) is 92.9 cm³/mol. The first-order valence-electron chi connectivity index (χ1n) is 8.83. The summed E-state index contributed by atoms with van der Waals surface area (Å²) in [4.78, 5) is 46.2. The van der Waals surface area contributed by atoms with Gasteiger partial charge < -0.3 is 9.64 Å². The van der Waals surface area contributed by atoms with Crippen LogP contribution in [0.5, 0.6) is 0 Å². The number of ether oxygens (including phenoxy) is 1. The lowest BCUT2D eigenvalue weighted by atomic mass is 9.78. The Morgan fingerprint density at radius 2 is 2.08 bits per heavy atom. The molecule has 8 heteroatoms. The van der Waals surface area contributed by atoms with E-state index in [2.05, 4.69) is 4.99 Å². The van der Waals surface area contributed by atoms with E-state index in [4.69, 9.17) is 4.74 Å². The van der Waals surface area contributed by atoms with E-state index in [0.717, 1.165) is 16.8 Å². The Kier molecular flexibility index (Phi) is 3.86. The monoisotopic (exact) mass is 365 g/mol. The fourth-order valence-corrected chi connectivity index (χ4v) is 5.94. The van der Waals surface area contributed by atoms with Crippen molar-refractivity contribution in [2.75, 3.05) is 26.5 Å². The molecule has 4 rings (SSSR count). The molecular weight excluding hydrogens is 342 g/mol. The molecule has 3 fully saturated rings. The van der Waals surface area contributed by atoms with Gasteiger partial charge in [-0.25, -0.2) is 4.79 Å². The van der Waals surface area contributed by atoms with Crippen molar-refractivity contribution in [2.24, 2.45) is 22.7 Å². The minimum atomic E-state index is -1.13. The lowest BCUT2D eigenvalue weighted by molar-refractivity contribution is -0.158. The molecule has 0 N–H and O–H groups in total. The fourth-order valence-electron chi connectivity index (χ4n) is 4.62. The molecule has 7 nitrogen and oxygen atoms in total. The molecule has 0 aromatic carbocycles. The average Bonchev–Trinajstić information content (AvgIpc) is 3.22. The highest BCUT2D eigenvalue weighted by molar-refractivity contribution is 8.13. The fraction of sp³-hybridized carbons (Fsp3) is 0.765. The van der Waals surface area contributed by atoms with Crippen LogP contribution in [0.3, 0.4) is 0 Å². The number of imide groups is 1. The second kappa shape index (κ2) is 5.72. The molecule has 1 saturated carbocycles. The van der Waals surface area contributed by atoms with Crippen molar-refractivity contribution in [1.82, 2.24) is 9.80 Å². The first kappa shape index (κ1) is 16.9. The normalized spacial score (nSPS) is 36.6. The molecule has 2 saturated heterocycles. The quantitative estimate of drug-likeness (QED) is 0.540. The van der Waals surface area contributed by atoms with Gasteiger partial charge in [-0.2, -0.15) is 0 Å². The molecule has 136 valence electrons. The average molecular weight is 365 g/mol. The van der Waals surface area contributed by atoms with Crippen LogP contribution in [-0.2, 0) is 19.1 Å². The lowest BCUT2D eigenvalue weighted by Crippen LogP contribution is -2.59. The first-order chi connectivity index (χ1) is 12.0. The van der Waals surface area contributed by atoms with Gasteiger partial charge in [0.1, 0.15) is 0 Å². The van der Waals surface area contributed by atoms with Crippen LogP contribution >= 0.6 is 11.8 Å². The van der Waals surface area contributed by atoms with Crippen molar-refractivity contribution in [3.63, 3.8) is 0 Å². The number of likely N-dealkylation sites (tertiary alicyclic amines) is 1. The van der Waals surface area contributed by atoms with Crippen LogP contribution in [-0.4, -0.2) is 70.8 Å². The summed E-state index contributed by atoms with van der Waals surface area (Å²) < 4.78 is 5.12. The smallest absolute Gasteiger partial charge is 0.332 e. The van der Waals surface area contributed by atoms with E-state index in [0.29, 0.717) is 13.0 Å². The molecule has 4 aliphatic rings. The molecule has 4 atom stereocenters. The maximum Gasteiger partial charge on any atom is 0.332 e. The standard InChI is InChI=1S/C17H23N3O4S/c1-4-17(15(23)24-3)12-11(13(21)19(2)14(12)22)10-7-18-16(20(10)17)25-8-9-5-6-9/h9-12H,4-8H2,1-3H3/t10-,11+,12-,17-/m1/s1. The van der Waals surface area contributed by atoms with Crippen molar-refractivity contribution in [3.8, 4) is 0 Å². The number of nitrogens with zero attached hydrogens (tertiary/aromatic N) is 3. The van der Waals surface area contributed by atoms with Gasteiger partial charge in [0, 0.05) is 12.8 Å². The summed E-state index contributed by atoms with van der Waals surface area (Å²) in [5.74, 6) is -0.419. The van der Waals surface area contributed by atoms with Gasteiger partial charge in [-0.1, -0.05) is 18.7 Å². The van der Waals surface area contributed by atoms with E-state index in [-0.39, 0.29) is 17.9 Å². The Morgan fingerprint density at radius 3 is 2.68 bits per heavy atom. The molecule has 0 radical (unpaired) electrons. The maximum absolute atomic E-state index is 12.9. The highest BCUT2D eigenvalue weighted by Crippen LogP contribution is 2.53. The molecule has 0 unspecified atom stereocenters. The number of hydrogen-bond donors (Lipinski definition) is 0. The lowest BCUT2D eigenvalue weighted by Gasteiger charge is -2.39. The third kappa shape index (κ3) is 2.12. The van der Waals surface area contributed by atoms with Crippen molar-refractivity contribution in [3.05, 3.63) is 0 Å². The van der Waals surface area contributed by atoms with Crippen molar-refractivity contribution in [1.29, 1.82) is 0 Å². The van der Waals surface area contributed by atoms with Gasteiger partial charge in [-0.15, -0.1) is 0 Å². The topological polar surface area (TPSA) is 79.3 Å². The van der Waals surface area contributed by atoms with Gasteiger partial charge >= 0.3 is 5.97 Å². The molecule has 3 aliphatic heterocycles. The molecule has 25 heavy (non-hydrogen) atoms. The molecule has 0 aromatic rings. The first-order valence-corrected chi connectivity index (χ1v) is 9.82. The highest BCUT2D eigenvalue weighted by Gasteiger charge is 2.72. The number of methoxy groups -OCH3 is 1. The number of fused-ring (bicyclic) bond motifs is 3. The van der Waals surface area contributed by atoms with Gasteiger partial charge in [-0.3, -0.25) is 19.5 Å². The number of esters is 1. The minimum absolute atomic E-state index is 0.201. The van der Waals surface area contributed by atoms with E-state index >= 15 is 0 Å². The number of carbonyl (C=O) groups excluding carboxylic acids is 3. The second-order valence-corrected chi connectivity index (χ2v) is 8.31. The van der Waals surface area contributed by atoms with Gasteiger partial charge in [0.05, 0.1) is 31.5 Å². The molecule has 3 heterocycles. The second-order valence-electron chi connectivity index (χ2n) is 7.32. The summed E-state index contributed by atoms with van der Waals surface area (Å²) in [5.41, 5.74) is -1.13. The van der Waals surface area contributed by atoms with Crippen LogP contribution in [0.4, 0.5) is 0 Å². The zero-order chi connectivity index (χ0) is 17.9. The summed E-state index contributed by atoms with van der Waals surface area (Å²) in [6.45, 7) is 2.34. The molecule has 1 aliphatic carbocycles. The highest BCUT2D eigenvalue weighted by atomic mass is 32.2. The van der Waals surface area contributed by atoms with Crippen LogP contribution in [0.1, 0.15) is 26.2 Å². The van der Waals surface area contributed by atoms with E-state index in [9.17, 15) is 14.4 Å². The van der Waals surface area contributed by atoms with E-state index in [1.165, 1.54) is 31.9 Å². The third-order valence-corrected chi connectivity index (χ3v) is 7.33. The summed E-state index contributed by atoms with van der Waals surface area (Å²) in [6.07, 6.45) is 2.90. The number of amidine groups is 1. The van der Waals surface area contributed by atoms with E-state index in [1.54, 1.807) is 11.8 Å². The summed E-state index contributed by atoms with van der Waals surface area (Å²) in [6, 6.07) is -0.229. The van der Waals surface area contributed by atoms with Crippen molar-refractivity contribution < 1.29 is 19.1 Å². The number of thioether (sulfide) groups is 1. The molecule has 0 spiro atoms. The van der Waals surface area contributed by atoms with Crippen LogP contribution < -0.4 is 0 Å². The maximum atomic E-state index is 12.9. The molecule has 2 amide bonds. The summed E-state index contributed by atoms with van der Waals surface area (Å²) in [5, 5.41) is 0.793. The van der Waals surface area contributed by atoms with Gasteiger partial charge in [-0.05, 0) is 25.2 Å². The minimum Gasteiger partial charge on any atom is -0.467 e. The van der Waals surface area contributed by atoms with E-state index < -0.39 is 23.3 Å².